The van der Waals surface area contributed by atoms with E-state index in [0.29, 0.717) is 26.2 Å². The van der Waals surface area contributed by atoms with Crippen molar-refractivity contribution in [1.82, 2.24) is 4.90 Å². The Morgan fingerprint density at radius 3 is 2.33 bits per heavy atom. The highest BCUT2D eigenvalue weighted by Crippen LogP contribution is 2.30. The lowest BCUT2D eigenvalue weighted by atomic mass is 10.2. The van der Waals surface area contributed by atoms with Gasteiger partial charge in [0.2, 0.25) is 0 Å². The summed E-state index contributed by atoms with van der Waals surface area (Å²) < 4.78 is 51.5. The first-order chi connectivity index (χ1) is 14.3. The number of carbonyl (C=O) groups excluding carboxylic acids is 1. The van der Waals surface area contributed by atoms with Crippen LogP contribution in [0.15, 0.2) is 60.3 Å². The van der Waals surface area contributed by atoms with Gasteiger partial charge in [0, 0.05) is 43.8 Å². The van der Waals surface area contributed by atoms with Crippen molar-refractivity contribution in [3.63, 3.8) is 0 Å². The number of anilines is 2. The summed E-state index contributed by atoms with van der Waals surface area (Å²) >= 11 is 0. The monoisotopic (exact) mass is 418 g/mol. The Labute approximate surface area is 170 Å². The van der Waals surface area contributed by atoms with Gasteiger partial charge in [-0.25, -0.2) is 4.39 Å². The second-order valence-corrected chi connectivity index (χ2v) is 6.65. The van der Waals surface area contributed by atoms with Crippen LogP contribution in [0.3, 0.4) is 0 Å². The minimum absolute atomic E-state index is 0.117. The second-order valence-electron chi connectivity index (χ2n) is 6.65. The van der Waals surface area contributed by atoms with Crippen molar-refractivity contribution in [2.24, 2.45) is 0 Å². The lowest BCUT2D eigenvalue weighted by Crippen LogP contribution is -2.49. The average Bonchev–Trinajstić information content (AvgIpc) is 2.74. The summed E-state index contributed by atoms with van der Waals surface area (Å²) in [6, 6.07) is 12.3. The molecule has 1 aliphatic rings. The molecule has 3 rings (SSSR count). The maximum Gasteiger partial charge on any atom is 0.416 e. The van der Waals surface area contributed by atoms with E-state index in [1.54, 1.807) is 18.2 Å². The Hall–Kier alpha value is -3.54. The van der Waals surface area contributed by atoms with E-state index in [4.69, 9.17) is 0 Å². The first-order valence-electron chi connectivity index (χ1n) is 9.12. The van der Waals surface area contributed by atoms with Gasteiger partial charge in [0.05, 0.1) is 5.56 Å². The molecular weight excluding hydrogens is 400 g/mol. The fraction of sp³-hybridized carbons (Fsp3) is 0.238. The number of halogens is 4. The summed E-state index contributed by atoms with van der Waals surface area (Å²) in [4.78, 5) is 16.1. The topological polar surface area (TPSA) is 59.4 Å². The van der Waals surface area contributed by atoms with Gasteiger partial charge >= 0.3 is 6.18 Å². The molecule has 5 nitrogen and oxygen atoms in total. The number of hydrogen-bond donors (Lipinski definition) is 1. The van der Waals surface area contributed by atoms with Crippen LogP contribution in [0.25, 0.3) is 0 Å². The van der Waals surface area contributed by atoms with E-state index in [9.17, 15) is 27.6 Å². The number of hydrogen-bond acceptors (Lipinski definition) is 4. The van der Waals surface area contributed by atoms with Crippen LogP contribution in [-0.4, -0.2) is 37.0 Å². The Balaban J connectivity index is 1.63. The Kier molecular flexibility index (Phi) is 6.26. The zero-order chi connectivity index (χ0) is 21.7. The molecule has 0 aliphatic carbocycles. The maximum atomic E-state index is 13.1. The highest BCUT2D eigenvalue weighted by Gasteiger charge is 2.30. The van der Waals surface area contributed by atoms with E-state index in [2.05, 4.69) is 5.32 Å². The molecule has 1 N–H and O–H groups in total. The molecule has 1 aliphatic heterocycles. The zero-order valence-corrected chi connectivity index (χ0v) is 15.8. The van der Waals surface area contributed by atoms with Crippen LogP contribution in [0.4, 0.5) is 28.9 Å². The summed E-state index contributed by atoms with van der Waals surface area (Å²) in [5, 5.41) is 11.9. The van der Waals surface area contributed by atoms with Crippen LogP contribution < -0.4 is 10.2 Å². The van der Waals surface area contributed by atoms with Gasteiger partial charge in [0.15, 0.2) is 0 Å². The molecule has 0 spiro atoms. The van der Waals surface area contributed by atoms with E-state index in [1.807, 2.05) is 4.90 Å². The molecule has 2 aromatic rings. The summed E-state index contributed by atoms with van der Waals surface area (Å²) in [6.45, 7) is 1.74. The van der Waals surface area contributed by atoms with Crippen LogP contribution in [0, 0.1) is 17.1 Å². The highest BCUT2D eigenvalue weighted by molar-refractivity contribution is 5.97. The predicted molar refractivity (Wildman–Crippen MR) is 104 cm³/mol. The van der Waals surface area contributed by atoms with Gasteiger partial charge in [0.25, 0.3) is 5.91 Å². The predicted octanol–water partition coefficient (Wildman–Crippen LogP) is 4.01. The summed E-state index contributed by atoms with van der Waals surface area (Å²) in [6.07, 6.45) is -3.37. The first-order valence-corrected chi connectivity index (χ1v) is 9.12. The second kappa shape index (κ2) is 8.86. The minimum Gasteiger partial charge on any atom is -0.368 e. The smallest absolute Gasteiger partial charge is 0.368 e. The van der Waals surface area contributed by atoms with E-state index < -0.39 is 17.6 Å². The van der Waals surface area contributed by atoms with Gasteiger partial charge in [0.1, 0.15) is 17.5 Å². The molecule has 1 amide bonds. The number of rotatable bonds is 4. The number of benzene rings is 2. The van der Waals surface area contributed by atoms with Crippen molar-refractivity contribution in [3.8, 4) is 6.07 Å². The van der Waals surface area contributed by atoms with Gasteiger partial charge < -0.3 is 15.1 Å². The van der Waals surface area contributed by atoms with Gasteiger partial charge in [-0.2, -0.15) is 18.4 Å². The molecule has 1 saturated heterocycles. The van der Waals surface area contributed by atoms with E-state index >= 15 is 0 Å². The zero-order valence-electron chi connectivity index (χ0n) is 15.8. The van der Waals surface area contributed by atoms with Crippen LogP contribution in [0.5, 0.6) is 0 Å². The number of piperazine rings is 1. The molecular formula is C21H18F4N4O. The molecule has 1 heterocycles. The number of amides is 1. The highest BCUT2D eigenvalue weighted by atomic mass is 19.4. The molecule has 9 heteroatoms. The van der Waals surface area contributed by atoms with E-state index in [0.717, 1.165) is 24.0 Å². The Morgan fingerprint density at radius 2 is 1.73 bits per heavy atom. The standard InChI is InChI=1S/C21H18F4N4O/c22-17-4-6-19(7-5-17)28-8-10-29(11-9-28)20(30)15(13-26)14-27-18-3-1-2-16(12-18)21(23,24)25/h1-7,12,14,27H,8-11H2/b15-14-. The van der Waals surface area contributed by atoms with Crippen molar-refractivity contribution in [3.05, 3.63) is 71.7 Å². The van der Waals surface area contributed by atoms with Crippen molar-refractivity contribution in [2.75, 3.05) is 36.4 Å². The third kappa shape index (κ3) is 5.08. The number of nitrogens with one attached hydrogen (secondary N) is 1. The van der Waals surface area contributed by atoms with Gasteiger partial charge in [-0.05, 0) is 42.5 Å². The summed E-state index contributed by atoms with van der Waals surface area (Å²) in [7, 11) is 0. The van der Waals surface area contributed by atoms with Crippen LogP contribution in [0.2, 0.25) is 0 Å². The molecule has 0 atom stereocenters. The Morgan fingerprint density at radius 1 is 1.07 bits per heavy atom. The molecule has 2 aromatic carbocycles. The fourth-order valence-corrected chi connectivity index (χ4v) is 3.07. The van der Waals surface area contributed by atoms with Crippen molar-refractivity contribution in [2.45, 2.75) is 6.18 Å². The maximum absolute atomic E-state index is 13.1. The van der Waals surface area contributed by atoms with E-state index in [1.165, 1.54) is 29.2 Å². The van der Waals surface area contributed by atoms with Gasteiger partial charge in [-0.15, -0.1) is 0 Å². The molecule has 1 fully saturated rings. The number of nitriles is 1. The number of nitrogens with zero attached hydrogens (tertiary/aromatic N) is 3. The molecule has 0 bridgehead atoms. The minimum atomic E-state index is -4.49. The lowest BCUT2D eigenvalue weighted by molar-refractivity contribution is -0.137. The number of alkyl halides is 3. The Bertz CT molecular complexity index is 972. The van der Waals surface area contributed by atoms with Crippen molar-refractivity contribution >= 4 is 17.3 Å². The molecule has 0 aromatic heterocycles. The fourth-order valence-electron chi connectivity index (χ4n) is 3.07. The quantitative estimate of drug-likeness (QED) is 0.463. The normalized spacial score (nSPS) is 15.0. The largest absolute Gasteiger partial charge is 0.416 e. The first kappa shape index (κ1) is 21.2. The third-order valence-corrected chi connectivity index (χ3v) is 4.68. The van der Waals surface area contributed by atoms with Crippen LogP contribution in [-0.2, 0) is 11.0 Å². The molecule has 156 valence electrons. The average molecular weight is 418 g/mol. The number of carbonyl (C=O) groups is 1. The third-order valence-electron chi connectivity index (χ3n) is 4.68. The summed E-state index contributed by atoms with van der Waals surface area (Å²) in [5.41, 5.74) is -0.0810. The molecule has 0 saturated carbocycles. The van der Waals surface area contributed by atoms with Crippen molar-refractivity contribution in [1.29, 1.82) is 5.26 Å². The molecule has 0 radical (unpaired) electrons. The van der Waals surface area contributed by atoms with E-state index in [-0.39, 0.29) is 17.1 Å². The lowest BCUT2D eigenvalue weighted by Gasteiger charge is -2.36. The van der Waals surface area contributed by atoms with Crippen molar-refractivity contribution < 1.29 is 22.4 Å². The molecule has 0 unspecified atom stereocenters. The van der Waals surface area contributed by atoms with Crippen LogP contribution in [0.1, 0.15) is 5.56 Å². The summed E-state index contributed by atoms with van der Waals surface area (Å²) in [5.74, 6) is -0.833. The van der Waals surface area contributed by atoms with Gasteiger partial charge in [-0.3, -0.25) is 4.79 Å². The SMILES string of the molecule is N#C/C(=C/Nc1cccc(C(F)(F)F)c1)C(=O)N1CCN(c2ccc(F)cc2)CC1. The van der Waals surface area contributed by atoms with Crippen LogP contribution >= 0.6 is 0 Å². The molecule has 30 heavy (non-hydrogen) atoms. The van der Waals surface area contributed by atoms with Gasteiger partial charge in [-0.1, -0.05) is 6.07 Å².